The van der Waals surface area contributed by atoms with Crippen molar-refractivity contribution < 1.29 is 11.5 Å². The van der Waals surface area contributed by atoms with Gasteiger partial charge in [-0.3, -0.25) is 3.07 Å². The number of nitrogens with two attached hydrogens (primary N) is 1. The number of hydrogen-bond donors (Lipinski definition) is 1. The first-order valence-electron chi connectivity index (χ1n) is 3.04. The summed E-state index contributed by atoms with van der Waals surface area (Å²) in [5.74, 6) is 0. The predicted molar refractivity (Wildman–Crippen MR) is 56.2 cm³/mol. The van der Waals surface area contributed by atoms with Crippen LogP contribution in [0.1, 0.15) is 0 Å². The Labute approximate surface area is 90.8 Å². The smallest absolute Gasteiger partial charge is 0.239 e. The molecular weight excluding hydrogens is 328 g/mol. The van der Waals surface area contributed by atoms with Crippen LogP contribution in [0, 0.1) is 3.57 Å². The van der Waals surface area contributed by atoms with E-state index in [2.05, 4.69) is 0 Å². The standard InChI is InChI=1S/C6H5ClINO3S/c7-4-1-2-5(8-10)6(3-4)13(9,11)12/h1-3H,(H2,9,11,12). The molecule has 1 aromatic rings. The molecule has 0 atom stereocenters. The summed E-state index contributed by atoms with van der Waals surface area (Å²) in [4.78, 5) is -0.150. The van der Waals surface area contributed by atoms with Gasteiger partial charge in [0.2, 0.25) is 10.0 Å². The van der Waals surface area contributed by atoms with E-state index in [-0.39, 0.29) is 13.5 Å². The fraction of sp³-hybridized carbons (Fsp3) is 0. The van der Waals surface area contributed by atoms with Gasteiger partial charge in [-0.1, -0.05) is 11.6 Å². The molecule has 72 valence electrons. The van der Waals surface area contributed by atoms with Crippen molar-refractivity contribution in [2.24, 2.45) is 5.14 Å². The molecule has 0 amide bonds. The highest BCUT2D eigenvalue weighted by molar-refractivity contribution is 14.1. The molecule has 0 radical (unpaired) electrons. The summed E-state index contributed by atoms with van der Waals surface area (Å²) in [5.41, 5.74) is 0. The zero-order chi connectivity index (χ0) is 10.1. The van der Waals surface area contributed by atoms with E-state index in [0.29, 0.717) is 0 Å². The van der Waals surface area contributed by atoms with Gasteiger partial charge in [0.25, 0.3) is 0 Å². The van der Waals surface area contributed by atoms with Crippen LogP contribution in [0.5, 0.6) is 0 Å². The van der Waals surface area contributed by atoms with Crippen molar-refractivity contribution in [1.29, 1.82) is 0 Å². The Morgan fingerprint density at radius 2 is 2.00 bits per heavy atom. The van der Waals surface area contributed by atoms with Crippen LogP contribution in [0.2, 0.25) is 5.02 Å². The van der Waals surface area contributed by atoms with Crippen LogP contribution in [0.15, 0.2) is 23.1 Å². The van der Waals surface area contributed by atoms with Gasteiger partial charge in [0, 0.05) is 5.02 Å². The van der Waals surface area contributed by atoms with E-state index in [0.717, 1.165) is 0 Å². The molecule has 0 aliphatic heterocycles. The van der Waals surface area contributed by atoms with Crippen molar-refractivity contribution in [2.75, 3.05) is 0 Å². The van der Waals surface area contributed by atoms with Crippen LogP contribution in [-0.4, -0.2) is 8.42 Å². The monoisotopic (exact) mass is 333 g/mol. The molecule has 2 N–H and O–H groups in total. The maximum atomic E-state index is 11.0. The molecule has 0 fully saturated rings. The van der Waals surface area contributed by atoms with Gasteiger partial charge < -0.3 is 0 Å². The topological polar surface area (TPSA) is 77.2 Å². The molecule has 0 aromatic heterocycles. The number of primary sulfonamides is 1. The molecule has 1 rings (SSSR count). The maximum absolute atomic E-state index is 11.0. The first-order valence-corrected chi connectivity index (χ1v) is 6.93. The lowest BCUT2D eigenvalue weighted by atomic mass is 10.4. The number of hydrogen-bond acceptors (Lipinski definition) is 3. The Bertz CT molecular complexity index is 445. The molecule has 0 aliphatic rings. The van der Waals surface area contributed by atoms with Crippen molar-refractivity contribution in [3.8, 4) is 0 Å². The van der Waals surface area contributed by atoms with Gasteiger partial charge in [0.15, 0.2) is 21.2 Å². The molecule has 0 unspecified atom stereocenters. The van der Waals surface area contributed by atoms with E-state index >= 15 is 0 Å². The molecule has 0 saturated heterocycles. The summed E-state index contributed by atoms with van der Waals surface area (Å²) >= 11 is 4.01. The maximum Gasteiger partial charge on any atom is 0.239 e. The van der Waals surface area contributed by atoms with E-state index in [9.17, 15) is 11.5 Å². The van der Waals surface area contributed by atoms with Gasteiger partial charge in [-0.05, 0) is 18.2 Å². The summed E-state index contributed by atoms with van der Waals surface area (Å²) in [5, 5.41) is 5.15. The quantitative estimate of drug-likeness (QED) is 0.833. The van der Waals surface area contributed by atoms with Crippen molar-refractivity contribution in [3.05, 3.63) is 26.8 Å². The molecule has 0 saturated carbocycles. The molecule has 7 heteroatoms. The van der Waals surface area contributed by atoms with E-state index in [1.807, 2.05) is 0 Å². The summed E-state index contributed by atoms with van der Waals surface area (Å²) < 4.78 is 32.8. The van der Waals surface area contributed by atoms with Crippen molar-refractivity contribution in [2.45, 2.75) is 4.90 Å². The Kier molecular flexibility index (Phi) is 3.38. The minimum atomic E-state index is -3.83. The molecule has 0 aliphatic carbocycles. The Morgan fingerprint density at radius 1 is 1.38 bits per heavy atom. The minimum absolute atomic E-state index is 0.150. The lowest BCUT2D eigenvalue weighted by Crippen LogP contribution is -2.13. The fourth-order valence-corrected chi connectivity index (χ4v) is 3.46. The van der Waals surface area contributed by atoms with E-state index in [1.165, 1.54) is 18.2 Å². The second kappa shape index (κ2) is 3.99. The molecule has 0 bridgehead atoms. The molecule has 1 aromatic carbocycles. The highest BCUT2D eigenvalue weighted by atomic mass is 127. The third-order valence-electron chi connectivity index (χ3n) is 1.28. The summed E-state index contributed by atoms with van der Waals surface area (Å²) in [6, 6.07) is 4.08. The second-order valence-electron chi connectivity index (χ2n) is 2.20. The Hall–Kier alpha value is -0.0500. The van der Waals surface area contributed by atoms with Crippen molar-refractivity contribution in [1.82, 2.24) is 0 Å². The first kappa shape index (κ1) is 11.0. The van der Waals surface area contributed by atoms with Crippen LogP contribution < -0.4 is 5.14 Å². The molecule has 4 nitrogen and oxygen atoms in total. The summed E-state index contributed by atoms with van der Waals surface area (Å²) in [6.07, 6.45) is 0. The van der Waals surface area contributed by atoms with E-state index in [4.69, 9.17) is 16.7 Å². The third-order valence-corrected chi connectivity index (χ3v) is 4.25. The molecule has 13 heavy (non-hydrogen) atoms. The molecule has 0 spiro atoms. The van der Waals surface area contributed by atoms with Crippen LogP contribution in [0.4, 0.5) is 0 Å². The van der Waals surface area contributed by atoms with E-state index in [1.54, 1.807) is 0 Å². The van der Waals surface area contributed by atoms with Crippen molar-refractivity contribution >= 4 is 42.8 Å². The Balaban J connectivity index is 3.50. The first-order chi connectivity index (χ1) is 5.95. The van der Waals surface area contributed by atoms with Crippen LogP contribution in [0.25, 0.3) is 0 Å². The predicted octanol–water partition coefficient (Wildman–Crippen LogP) is 1.47. The minimum Gasteiger partial charge on any atom is -0.265 e. The van der Waals surface area contributed by atoms with Crippen molar-refractivity contribution in [3.63, 3.8) is 0 Å². The molecular formula is C6H5ClINO3S. The highest BCUT2D eigenvalue weighted by Crippen LogP contribution is 2.23. The number of benzene rings is 1. The lowest BCUT2D eigenvalue weighted by Gasteiger charge is -2.00. The average molecular weight is 334 g/mol. The average Bonchev–Trinajstić information content (AvgIpc) is 2.03. The molecule has 0 heterocycles. The number of rotatable bonds is 2. The van der Waals surface area contributed by atoms with Crippen LogP contribution in [-0.2, 0) is 13.1 Å². The zero-order valence-corrected chi connectivity index (χ0v) is 9.93. The second-order valence-corrected chi connectivity index (χ2v) is 5.77. The summed E-state index contributed by atoms with van der Waals surface area (Å²) in [7, 11) is -3.83. The van der Waals surface area contributed by atoms with Gasteiger partial charge in [0.1, 0.15) is 0 Å². The normalized spacial score (nSPS) is 11.5. The van der Waals surface area contributed by atoms with Gasteiger partial charge in [-0.25, -0.2) is 13.6 Å². The lowest BCUT2D eigenvalue weighted by molar-refractivity contribution is 0.597. The highest BCUT2D eigenvalue weighted by Gasteiger charge is 2.14. The van der Waals surface area contributed by atoms with Gasteiger partial charge >= 0.3 is 0 Å². The van der Waals surface area contributed by atoms with Crippen LogP contribution >= 0.6 is 32.8 Å². The third kappa shape index (κ3) is 2.70. The van der Waals surface area contributed by atoms with Gasteiger partial charge in [-0.2, -0.15) is 0 Å². The van der Waals surface area contributed by atoms with Gasteiger partial charge in [-0.15, -0.1) is 0 Å². The number of halogens is 2. The Morgan fingerprint density at radius 3 is 2.46 bits per heavy atom. The van der Waals surface area contributed by atoms with Gasteiger partial charge in [0.05, 0.1) is 8.47 Å². The fourth-order valence-electron chi connectivity index (χ4n) is 0.759. The SMILES string of the molecule is NS(=O)(=O)c1cc(Cl)ccc1I=O. The zero-order valence-electron chi connectivity index (χ0n) is 6.20. The number of sulfonamides is 1. The largest absolute Gasteiger partial charge is 0.265 e. The van der Waals surface area contributed by atoms with Crippen LogP contribution in [0.3, 0.4) is 0 Å². The summed E-state index contributed by atoms with van der Waals surface area (Å²) in [6.45, 7) is 0. The van der Waals surface area contributed by atoms with E-state index < -0.39 is 31.2 Å².